The quantitative estimate of drug-likeness (QED) is 0.813. The molecule has 4 nitrogen and oxygen atoms in total. The summed E-state index contributed by atoms with van der Waals surface area (Å²) in [5, 5.41) is 0. The summed E-state index contributed by atoms with van der Waals surface area (Å²) in [7, 11) is -3.31. The number of sulfonamides is 1. The Bertz CT molecular complexity index is 518. The lowest BCUT2D eigenvalue weighted by Gasteiger charge is -2.06. The number of rotatable bonds is 4. The van der Waals surface area contributed by atoms with Crippen molar-refractivity contribution in [2.75, 3.05) is 11.0 Å². The van der Waals surface area contributed by atoms with Gasteiger partial charge in [0.25, 0.3) is 0 Å². The first kappa shape index (κ1) is 12.4. The lowest BCUT2D eigenvalue weighted by atomic mass is 10.1. The Kier molecular flexibility index (Phi) is 3.84. The standard InChI is InChI=1S/C11H13NO3S/c1-9(13)7-8-10-5-3-4-6-11(10)12-16(2,14)15/h3-8,12H,1-2H3. The average molecular weight is 239 g/mol. The Labute approximate surface area is 95.0 Å². The molecule has 0 bridgehead atoms. The highest BCUT2D eigenvalue weighted by Crippen LogP contribution is 2.17. The Morgan fingerprint density at radius 3 is 2.50 bits per heavy atom. The van der Waals surface area contributed by atoms with Gasteiger partial charge in [-0.15, -0.1) is 0 Å². The third kappa shape index (κ3) is 4.27. The predicted octanol–water partition coefficient (Wildman–Crippen LogP) is 1.66. The molecule has 0 aromatic heterocycles. The second kappa shape index (κ2) is 4.94. The lowest BCUT2D eigenvalue weighted by Crippen LogP contribution is -2.10. The fraction of sp³-hybridized carbons (Fsp3) is 0.182. The van der Waals surface area contributed by atoms with Crippen LogP contribution < -0.4 is 4.72 Å². The third-order valence-corrected chi connectivity index (χ3v) is 2.34. The van der Waals surface area contributed by atoms with Gasteiger partial charge in [-0.05, 0) is 30.7 Å². The summed E-state index contributed by atoms with van der Waals surface area (Å²) in [5.41, 5.74) is 1.12. The molecule has 0 fully saturated rings. The van der Waals surface area contributed by atoms with E-state index in [2.05, 4.69) is 4.72 Å². The molecule has 1 aromatic rings. The molecule has 0 spiro atoms. The van der Waals surface area contributed by atoms with E-state index in [9.17, 15) is 13.2 Å². The summed E-state index contributed by atoms with van der Waals surface area (Å²) < 4.78 is 24.6. The van der Waals surface area contributed by atoms with Crippen LogP contribution in [0.5, 0.6) is 0 Å². The van der Waals surface area contributed by atoms with Gasteiger partial charge in [0.2, 0.25) is 10.0 Å². The van der Waals surface area contributed by atoms with Crippen molar-refractivity contribution in [3.63, 3.8) is 0 Å². The molecular weight excluding hydrogens is 226 g/mol. The molecule has 0 amide bonds. The zero-order valence-electron chi connectivity index (χ0n) is 9.10. The molecule has 0 aliphatic rings. The van der Waals surface area contributed by atoms with Crippen LogP contribution in [0.25, 0.3) is 6.08 Å². The third-order valence-electron chi connectivity index (χ3n) is 1.75. The van der Waals surface area contributed by atoms with Gasteiger partial charge in [0, 0.05) is 0 Å². The summed E-state index contributed by atoms with van der Waals surface area (Å²) in [6, 6.07) is 6.86. The van der Waals surface area contributed by atoms with Crippen LogP contribution >= 0.6 is 0 Å². The van der Waals surface area contributed by atoms with E-state index >= 15 is 0 Å². The van der Waals surface area contributed by atoms with E-state index in [4.69, 9.17) is 0 Å². The second-order valence-corrected chi connectivity index (χ2v) is 5.15. The first-order valence-corrected chi connectivity index (χ1v) is 6.53. The molecule has 0 heterocycles. The van der Waals surface area contributed by atoms with Crippen molar-refractivity contribution in [3.05, 3.63) is 35.9 Å². The van der Waals surface area contributed by atoms with Gasteiger partial charge in [-0.3, -0.25) is 9.52 Å². The predicted molar refractivity (Wildman–Crippen MR) is 64.6 cm³/mol. The number of hydrogen-bond acceptors (Lipinski definition) is 3. The van der Waals surface area contributed by atoms with E-state index in [1.165, 1.54) is 13.0 Å². The molecule has 0 aliphatic heterocycles. The molecule has 1 N–H and O–H groups in total. The van der Waals surface area contributed by atoms with Crippen LogP contribution in [0.3, 0.4) is 0 Å². The van der Waals surface area contributed by atoms with Crippen molar-refractivity contribution >= 4 is 27.6 Å². The first-order valence-electron chi connectivity index (χ1n) is 4.64. The lowest BCUT2D eigenvalue weighted by molar-refractivity contribution is -0.112. The molecule has 0 atom stereocenters. The van der Waals surface area contributed by atoms with Crippen LogP contribution in [0.1, 0.15) is 12.5 Å². The number of carbonyl (C=O) groups is 1. The van der Waals surface area contributed by atoms with Gasteiger partial charge < -0.3 is 0 Å². The Morgan fingerprint density at radius 2 is 1.94 bits per heavy atom. The molecule has 0 unspecified atom stereocenters. The van der Waals surface area contributed by atoms with Gasteiger partial charge in [-0.1, -0.05) is 18.2 Å². The summed E-state index contributed by atoms with van der Waals surface area (Å²) in [4.78, 5) is 10.8. The van der Waals surface area contributed by atoms with Gasteiger partial charge in [0.05, 0.1) is 11.9 Å². The number of hydrogen-bond donors (Lipinski definition) is 1. The molecule has 0 saturated carbocycles. The minimum absolute atomic E-state index is 0.0887. The molecule has 1 rings (SSSR count). The Hall–Kier alpha value is -1.62. The van der Waals surface area contributed by atoms with Crippen LogP contribution in [0, 0.1) is 0 Å². The Balaban J connectivity index is 3.05. The summed E-state index contributed by atoms with van der Waals surface area (Å²) in [5.74, 6) is -0.0887. The van der Waals surface area contributed by atoms with Crippen molar-refractivity contribution < 1.29 is 13.2 Å². The number of benzene rings is 1. The van der Waals surface area contributed by atoms with Crippen LogP contribution in [0.4, 0.5) is 5.69 Å². The number of nitrogens with one attached hydrogen (secondary N) is 1. The smallest absolute Gasteiger partial charge is 0.229 e. The summed E-state index contributed by atoms with van der Waals surface area (Å²) in [6.45, 7) is 1.43. The number of para-hydroxylation sites is 1. The zero-order chi connectivity index (χ0) is 12.2. The maximum atomic E-state index is 11.1. The van der Waals surface area contributed by atoms with E-state index < -0.39 is 10.0 Å². The van der Waals surface area contributed by atoms with Gasteiger partial charge in [0.1, 0.15) is 0 Å². The summed E-state index contributed by atoms with van der Waals surface area (Å²) >= 11 is 0. The van der Waals surface area contributed by atoms with Crippen molar-refractivity contribution in [1.29, 1.82) is 0 Å². The number of ketones is 1. The molecule has 16 heavy (non-hydrogen) atoms. The van der Waals surface area contributed by atoms with Crippen molar-refractivity contribution in [2.45, 2.75) is 6.92 Å². The van der Waals surface area contributed by atoms with E-state index in [-0.39, 0.29) is 5.78 Å². The molecule has 0 aliphatic carbocycles. The van der Waals surface area contributed by atoms with Crippen LogP contribution in [0.2, 0.25) is 0 Å². The van der Waals surface area contributed by atoms with E-state index in [0.29, 0.717) is 11.3 Å². The SMILES string of the molecule is CC(=O)C=Cc1ccccc1NS(C)(=O)=O. The van der Waals surface area contributed by atoms with Crippen LogP contribution in [-0.2, 0) is 14.8 Å². The zero-order valence-corrected chi connectivity index (χ0v) is 9.91. The van der Waals surface area contributed by atoms with Gasteiger partial charge in [-0.25, -0.2) is 8.42 Å². The molecule has 0 radical (unpaired) electrons. The van der Waals surface area contributed by atoms with Gasteiger partial charge in [0.15, 0.2) is 5.78 Å². The monoisotopic (exact) mass is 239 g/mol. The number of carbonyl (C=O) groups excluding carboxylic acids is 1. The van der Waals surface area contributed by atoms with Crippen molar-refractivity contribution in [2.24, 2.45) is 0 Å². The molecule has 1 aromatic carbocycles. The van der Waals surface area contributed by atoms with E-state index in [1.54, 1.807) is 30.3 Å². The van der Waals surface area contributed by atoms with E-state index in [1.807, 2.05) is 0 Å². The van der Waals surface area contributed by atoms with Crippen LogP contribution in [-0.4, -0.2) is 20.5 Å². The molecule has 86 valence electrons. The fourth-order valence-electron chi connectivity index (χ4n) is 1.14. The van der Waals surface area contributed by atoms with Crippen molar-refractivity contribution in [1.82, 2.24) is 0 Å². The molecular formula is C11H13NO3S. The highest BCUT2D eigenvalue weighted by Gasteiger charge is 2.04. The molecule has 0 saturated heterocycles. The molecule has 5 heteroatoms. The topological polar surface area (TPSA) is 63.2 Å². The number of anilines is 1. The number of allylic oxidation sites excluding steroid dienone is 1. The largest absolute Gasteiger partial charge is 0.295 e. The van der Waals surface area contributed by atoms with Crippen LogP contribution in [0.15, 0.2) is 30.3 Å². The minimum atomic E-state index is -3.31. The fourth-order valence-corrected chi connectivity index (χ4v) is 1.73. The van der Waals surface area contributed by atoms with Crippen molar-refractivity contribution in [3.8, 4) is 0 Å². The highest BCUT2D eigenvalue weighted by atomic mass is 32.2. The second-order valence-electron chi connectivity index (χ2n) is 3.41. The minimum Gasteiger partial charge on any atom is -0.295 e. The van der Waals surface area contributed by atoms with E-state index in [0.717, 1.165) is 6.26 Å². The highest BCUT2D eigenvalue weighted by molar-refractivity contribution is 7.92. The maximum Gasteiger partial charge on any atom is 0.229 e. The average Bonchev–Trinajstić information content (AvgIpc) is 2.14. The first-order chi connectivity index (χ1) is 7.38. The normalized spacial score (nSPS) is 11.6. The van der Waals surface area contributed by atoms with Gasteiger partial charge in [-0.2, -0.15) is 0 Å². The van der Waals surface area contributed by atoms with Gasteiger partial charge >= 0.3 is 0 Å². The Morgan fingerprint density at radius 1 is 1.31 bits per heavy atom. The summed E-state index contributed by atoms with van der Waals surface area (Å²) in [6.07, 6.45) is 4.05. The maximum absolute atomic E-state index is 11.1.